The van der Waals surface area contributed by atoms with Crippen molar-refractivity contribution in [3.05, 3.63) is 54.1 Å². The van der Waals surface area contributed by atoms with Crippen molar-refractivity contribution in [1.82, 2.24) is 29.4 Å². The molecule has 10 heteroatoms. The number of aromatic nitrogens is 6. The monoisotopic (exact) mass is 420 g/mol. The van der Waals surface area contributed by atoms with Crippen LogP contribution in [0.1, 0.15) is 22.5 Å². The number of nitrogens with zero attached hydrogens (tertiary/aromatic N) is 7. The van der Waals surface area contributed by atoms with E-state index in [2.05, 4.69) is 25.5 Å². The van der Waals surface area contributed by atoms with Gasteiger partial charge in [0.2, 0.25) is 5.95 Å². The average Bonchev–Trinajstić information content (AvgIpc) is 3.45. The topological polar surface area (TPSA) is 93.2 Å². The third-order valence-electron chi connectivity index (χ3n) is 5.34. The first-order valence-corrected chi connectivity index (χ1v) is 10.00. The van der Waals surface area contributed by atoms with Gasteiger partial charge in [0.05, 0.1) is 24.0 Å². The molecule has 0 unspecified atom stereocenters. The molecule has 1 saturated heterocycles. The minimum Gasteiger partial charge on any atom is -0.336 e. The Morgan fingerprint density at radius 2 is 2.16 bits per heavy atom. The van der Waals surface area contributed by atoms with E-state index < -0.39 is 6.17 Å². The molecule has 0 radical (unpaired) electrons. The van der Waals surface area contributed by atoms with Crippen molar-refractivity contribution >= 4 is 23.2 Å². The number of fused-ring (bicyclic) bond motifs is 1. The highest BCUT2D eigenvalue weighted by molar-refractivity contribution is 6.07. The van der Waals surface area contributed by atoms with Crippen molar-refractivity contribution < 1.29 is 9.18 Å². The standard InChI is InChI=1S/C21H21FN8O/c1-13-3-6-23-17(9-13)16-11-24-28(2)19(16)20(31)25-15-5-8-30-18(10-15)26-21(27-30)29-7-4-14(22)12-29/h3,5-6,8-11,14H,4,7,12H2,1-2H3,(H,25,31)/t14-/m0/s1. The molecule has 0 saturated carbocycles. The predicted molar refractivity (Wildman–Crippen MR) is 114 cm³/mol. The van der Waals surface area contributed by atoms with Crippen LogP contribution in [0, 0.1) is 6.92 Å². The molecule has 31 heavy (non-hydrogen) atoms. The molecule has 158 valence electrons. The highest BCUT2D eigenvalue weighted by Crippen LogP contribution is 2.24. The Hall–Kier alpha value is -3.82. The first kappa shape index (κ1) is 19.2. The predicted octanol–water partition coefficient (Wildman–Crippen LogP) is 2.63. The summed E-state index contributed by atoms with van der Waals surface area (Å²) in [6.45, 7) is 2.87. The van der Waals surface area contributed by atoms with Crippen LogP contribution in [0.15, 0.2) is 42.9 Å². The maximum Gasteiger partial charge on any atom is 0.274 e. The number of anilines is 2. The van der Waals surface area contributed by atoms with Gasteiger partial charge in [-0.05, 0) is 37.1 Å². The van der Waals surface area contributed by atoms with Gasteiger partial charge >= 0.3 is 0 Å². The van der Waals surface area contributed by atoms with Crippen molar-refractivity contribution in [2.75, 3.05) is 23.3 Å². The lowest BCUT2D eigenvalue weighted by atomic mass is 10.1. The molecule has 0 aromatic carbocycles. The zero-order valence-corrected chi connectivity index (χ0v) is 17.2. The minimum atomic E-state index is -0.850. The molecule has 5 heterocycles. The number of amides is 1. The van der Waals surface area contributed by atoms with Gasteiger partial charge in [0.1, 0.15) is 11.9 Å². The second-order valence-corrected chi connectivity index (χ2v) is 7.66. The Balaban J connectivity index is 1.41. The van der Waals surface area contributed by atoms with Crippen LogP contribution >= 0.6 is 0 Å². The number of hydrogen-bond acceptors (Lipinski definition) is 6. The summed E-state index contributed by atoms with van der Waals surface area (Å²) in [5, 5.41) is 11.6. The fourth-order valence-electron chi connectivity index (χ4n) is 3.75. The van der Waals surface area contributed by atoms with E-state index in [1.54, 1.807) is 42.3 Å². The van der Waals surface area contributed by atoms with Gasteiger partial charge in [-0.15, -0.1) is 5.10 Å². The molecule has 4 aromatic heterocycles. The molecule has 0 aliphatic carbocycles. The van der Waals surface area contributed by atoms with Crippen LogP contribution in [0.4, 0.5) is 16.0 Å². The molecule has 1 N–H and O–H groups in total. The van der Waals surface area contributed by atoms with Crippen LogP contribution in [0.5, 0.6) is 0 Å². The number of halogens is 1. The number of aryl methyl sites for hydroxylation is 2. The highest BCUT2D eigenvalue weighted by atomic mass is 19.1. The lowest BCUT2D eigenvalue weighted by molar-refractivity contribution is 0.101. The number of nitrogens with one attached hydrogen (secondary N) is 1. The number of pyridine rings is 2. The molecule has 1 amide bonds. The fraction of sp³-hybridized carbons (Fsp3) is 0.286. The molecule has 1 atom stereocenters. The normalized spacial score (nSPS) is 16.2. The number of hydrogen-bond donors (Lipinski definition) is 1. The molecule has 1 fully saturated rings. The van der Waals surface area contributed by atoms with Crippen LogP contribution in [-0.4, -0.2) is 54.5 Å². The van der Waals surface area contributed by atoms with Gasteiger partial charge in [0, 0.05) is 37.7 Å². The summed E-state index contributed by atoms with van der Waals surface area (Å²) in [6.07, 6.45) is 4.70. The van der Waals surface area contributed by atoms with Crippen LogP contribution in [-0.2, 0) is 7.05 Å². The molecular weight excluding hydrogens is 399 g/mol. The minimum absolute atomic E-state index is 0.302. The zero-order chi connectivity index (χ0) is 21.5. The third-order valence-corrected chi connectivity index (χ3v) is 5.34. The second kappa shape index (κ2) is 7.46. The summed E-state index contributed by atoms with van der Waals surface area (Å²) in [4.78, 5) is 23.8. The van der Waals surface area contributed by atoms with Crippen LogP contribution in [0.2, 0.25) is 0 Å². The maximum atomic E-state index is 13.5. The Morgan fingerprint density at radius 3 is 2.94 bits per heavy atom. The Labute approximate surface area is 177 Å². The lowest BCUT2D eigenvalue weighted by Crippen LogP contribution is -2.21. The summed E-state index contributed by atoms with van der Waals surface area (Å²) in [5.41, 5.74) is 3.94. The lowest BCUT2D eigenvalue weighted by Gasteiger charge is -2.10. The SMILES string of the molecule is Cc1ccnc(-c2cnn(C)c2C(=O)Nc2ccn3nc(N4CC[C@H](F)C4)nc3c2)c1. The smallest absolute Gasteiger partial charge is 0.274 e. The van der Waals surface area contributed by atoms with E-state index in [0.29, 0.717) is 53.7 Å². The van der Waals surface area contributed by atoms with Crippen molar-refractivity contribution in [3.63, 3.8) is 0 Å². The summed E-state index contributed by atoms with van der Waals surface area (Å²) in [6, 6.07) is 7.29. The maximum absolute atomic E-state index is 13.5. The van der Waals surface area contributed by atoms with Gasteiger partial charge in [0.25, 0.3) is 5.91 Å². The van der Waals surface area contributed by atoms with E-state index in [-0.39, 0.29) is 5.91 Å². The first-order valence-electron chi connectivity index (χ1n) is 10.00. The van der Waals surface area contributed by atoms with Crippen LogP contribution in [0.25, 0.3) is 16.9 Å². The van der Waals surface area contributed by atoms with E-state index in [1.807, 2.05) is 24.0 Å². The molecular formula is C21H21FN8O. The highest BCUT2D eigenvalue weighted by Gasteiger charge is 2.25. The Bertz CT molecular complexity index is 1280. The van der Waals surface area contributed by atoms with Crippen molar-refractivity contribution in [2.24, 2.45) is 7.05 Å². The molecule has 9 nitrogen and oxygen atoms in total. The average molecular weight is 420 g/mol. The molecule has 0 spiro atoms. The first-order chi connectivity index (χ1) is 15.0. The van der Waals surface area contributed by atoms with Crippen LogP contribution in [0.3, 0.4) is 0 Å². The van der Waals surface area contributed by atoms with Gasteiger partial charge < -0.3 is 10.2 Å². The second-order valence-electron chi connectivity index (χ2n) is 7.66. The largest absolute Gasteiger partial charge is 0.336 e. The van der Waals surface area contributed by atoms with E-state index >= 15 is 0 Å². The Morgan fingerprint density at radius 1 is 1.29 bits per heavy atom. The fourth-order valence-corrected chi connectivity index (χ4v) is 3.75. The van der Waals surface area contributed by atoms with E-state index in [1.165, 1.54) is 4.68 Å². The number of alkyl halides is 1. The van der Waals surface area contributed by atoms with Crippen molar-refractivity contribution in [1.29, 1.82) is 0 Å². The summed E-state index contributed by atoms with van der Waals surface area (Å²) in [5.74, 6) is 0.185. The van der Waals surface area contributed by atoms with Gasteiger partial charge in [0.15, 0.2) is 5.65 Å². The van der Waals surface area contributed by atoms with E-state index in [0.717, 1.165) is 5.56 Å². The van der Waals surface area contributed by atoms with Crippen molar-refractivity contribution in [2.45, 2.75) is 19.5 Å². The summed E-state index contributed by atoms with van der Waals surface area (Å²) >= 11 is 0. The number of carbonyl (C=O) groups is 1. The quantitative estimate of drug-likeness (QED) is 0.546. The van der Waals surface area contributed by atoms with E-state index in [9.17, 15) is 9.18 Å². The van der Waals surface area contributed by atoms with Gasteiger partial charge in [-0.3, -0.25) is 14.5 Å². The molecule has 4 aromatic rings. The molecule has 1 aliphatic heterocycles. The third kappa shape index (κ3) is 3.60. The van der Waals surface area contributed by atoms with Gasteiger partial charge in [-0.25, -0.2) is 8.91 Å². The van der Waals surface area contributed by atoms with Gasteiger partial charge in [-0.2, -0.15) is 10.1 Å². The van der Waals surface area contributed by atoms with Crippen molar-refractivity contribution in [3.8, 4) is 11.3 Å². The molecule has 5 rings (SSSR count). The van der Waals surface area contributed by atoms with E-state index in [4.69, 9.17) is 0 Å². The zero-order valence-electron chi connectivity index (χ0n) is 17.2. The van der Waals surface area contributed by atoms with Crippen LogP contribution < -0.4 is 10.2 Å². The number of rotatable bonds is 4. The molecule has 0 bridgehead atoms. The summed E-state index contributed by atoms with van der Waals surface area (Å²) < 4.78 is 16.6. The summed E-state index contributed by atoms with van der Waals surface area (Å²) in [7, 11) is 1.72. The van der Waals surface area contributed by atoms with Gasteiger partial charge in [-0.1, -0.05) is 0 Å². The molecule has 1 aliphatic rings. The Kier molecular flexibility index (Phi) is 4.61. The number of carbonyl (C=O) groups excluding carboxylic acids is 1.